The van der Waals surface area contributed by atoms with E-state index in [4.69, 9.17) is 0 Å². The van der Waals surface area contributed by atoms with E-state index in [1.165, 1.54) is 24.1 Å². The van der Waals surface area contributed by atoms with Crippen LogP contribution in [0.4, 0.5) is 5.69 Å². The Bertz CT molecular complexity index is 354. The van der Waals surface area contributed by atoms with Crippen molar-refractivity contribution in [2.24, 2.45) is 5.41 Å². The molecule has 1 N–H and O–H groups in total. The SMILES string of the molecule is CCCC(C)(CNC)CN(C)c1ccccc1C. The summed E-state index contributed by atoms with van der Waals surface area (Å²) < 4.78 is 0. The van der Waals surface area contributed by atoms with Crippen molar-refractivity contribution in [3.8, 4) is 0 Å². The van der Waals surface area contributed by atoms with Gasteiger partial charge < -0.3 is 10.2 Å². The number of nitrogens with one attached hydrogen (secondary N) is 1. The minimum Gasteiger partial charge on any atom is -0.374 e. The van der Waals surface area contributed by atoms with Gasteiger partial charge in [-0.15, -0.1) is 0 Å². The van der Waals surface area contributed by atoms with Crippen molar-refractivity contribution in [3.63, 3.8) is 0 Å². The fourth-order valence-corrected chi connectivity index (χ4v) is 2.90. The molecule has 2 nitrogen and oxygen atoms in total. The van der Waals surface area contributed by atoms with E-state index >= 15 is 0 Å². The third-order valence-corrected chi connectivity index (χ3v) is 3.60. The van der Waals surface area contributed by atoms with Gasteiger partial charge in [0.2, 0.25) is 0 Å². The lowest BCUT2D eigenvalue weighted by Gasteiger charge is -2.35. The highest BCUT2D eigenvalue weighted by Gasteiger charge is 2.24. The van der Waals surface area contributed by atoms with Gasteiger partial charge in [0.05, 0.1) is 0 Å². The molecule has 1 aromatic rings. The summed E-state index contributed by atoms with van der Waals surface area (Å²) >= 11 is 0. The van der Waals surface area contributed by atoms with E-state index in [2.05, 4.69) is 62.3 Å². The van der Waals surface area contributed by atoms with Crippen molar-refractivity contribution in [2.75, 3.05) is 32.1 Å². The molecule has 0 amide bonds. The van der Waals surface area contributed by atoms with Crippen LogP contribution in [0.3, 0.4) is 0 Å². The van der Waals surface area contributed by atoms with Crippen LogP contribution >= 0.6 is 0 Å². The number of aryl methyl sites for hydroxylation is 1. The fourth-order valence-electron chi connectivity index (χ4n) is 2.90. The zero-order chi connectivity index (χ0) is 13.6. The summed E-state index contributed by atoms with van der Waals surface area (Å²) in [5.74, 6) is 0. The van der Waals surface area contributed by atoms with Crippen LogP contribution in [0.15, 0.2) is 24.3 Å². The Morgan fingerprint density at radius 2 is 1.94 bits per heavy atom. The number of para-hydroxylation sites is 1. The Morgan fingerprint density at radius 1 is 1.28 bits per heavy atom. The van der Waals surface area contributed by atoms with Crippen LogP contribution in [0, 0.1) is 12.3 Å². The normalized spacial score (nSPS) is 14.3. The third-order valence-electron chi connectivity index (χ3n) is 3.60. The number of hydrogen-bond acceptors (Lipinski definition) is 2. The summed E-state index contributed by atoms with van der Waals surface area (Å²) in [5, 5.41) is 3.34. The maximum atomic E-state index is 3.34. The molecule has 1 unspecified atom stereocenters. The molecule has 1 atom stereocenters. The van der Waals surface area contributed by atoms with Gasteiger partial charge in [-0.1, -0.05) is 38.5 Å². The first-order valence-corrected chi connectivity index (χ1v) is 6.94. The largest absolute Gasteiger partial charge is 0.374 e. The van der Waals surface area contributed by atoms with Gasteiger partial charge in [0.25, 0.3) is 0 Å². The van der Waals surface area contributed by atoms with Crippen LogP contribution in [0.25, 0.3) is 0 Å². The lowest BCUT2D eigenvalue weighted by Crippen LogP contribution is -2.40. The molecular weight excluding hydrogens is 220 g/mol. The van der Waals surface area contributed by atoms with Crippen LogP contribution in [0.5, 0.6) is 0 Å². The second kappa shape index (κ2) is 6.79. The smallest absolute Gasteiger partial charge is 0.0393 e. The monoisotopic (exact) mass is 248 g/mol. The average Bonchev–Trinajstić information content (AvgIpc) is 2.29. The molecule has 0 aliphatic carbocycles. The van der Waals surface area contributed by atoms with Gasteiger partial charge in [-0.2, -0.15) is 0 Å². The van der Waals surface area contributed by atoms with Gasteiger partial charge >= 0.3 is 0 Å². The molecule has 1 aromatic carbocycles. The maximum absolute atomic E-state index is 3.34. The topological polar surface area (TPSA) is 15.3 Å². The zero-order valence-electron chi connectivity index (χ0n) is 12.6. The molecule has 0 aliphatic heterocycles. The van der Waals surface area contributed by atoms with Crippen LogP contribution in [0.2, 0.25) is 0 Å². The lowest BCUT2D eigenvalue weighted by atomic mass is 9.84. The molecule has 0 radical (unpaired) electrons. The molecule has 102 valence electrons. The molecule has 0 saturated heterocycles. The van der Waals surface area contributed by atoms with Gasteiger partial charge in [-0.3, -0.25) is 0 Å². The Hall–Kier alpha value is -1.02. The molecule has 0 bridgehead atoms. The van der Waals surface area contributed by atoms with E-state index < -0.39 is 0 Å². The number of nitrogens with zero attached hydrogens (tertiary/aromatic N) is 1. The molecule has 2 heteroatoms. The van der Waals surface area contributed by atoms with Gasteiger partial charge in [0.15, 0.2) is 0 Å². The molecular formula is C16H28N2. The maximum Gasteiger partial charge on any atom is 0.0393 e. The highest BCUT2D eigenvalue weighted by Crippen LogP contribution is 2.27. The number of hydrogen-bond donors (Lipinski definition) is 1. The molecule has 0 aliphatic rings. The van der Waals surface area contributed by atoms with E-state index in [0.29, 0.717) is 5.41 Å². The Balaban J connectivity index is 2.78. The number of benzene rings is 1. The van der Waals surface area contributed by atoms with Gasteiger partial charge in [-0.05, 0) is 37.4 Å². The first kappa shape index (κ1) is 15.0. The molecule has 1 rings (SSSR count). The summed E-state index contributed by atoms with van der Waals surface area (Å²) in [6.07, 6.45) is 2.49. The summed E-state index contributed by atoms with van der Waals surface area (Å²) in [6.45, 7) is 8.98. The molecule has 0 spiro atoms. The van der Waals surface area contributed by atoms with Gasteiger partial charge in [0, 0.05) is 25.8 Å². The third kappa shape index (κ3) is 4.02. The Morgan fingerprint density at radius 3 is 2.50 bits per heavy atom. The number of rotatable bonds is 7. The van der Waals surface area contributed by atoms with Crippen molar-refractivity contribution in [3.05, 3.63) is 29.8 Å². The first-order valence-electron chi connectivity index (χ1n) is 6.94. The summed E-state index contributed by atoms with van der Waals surface area (Å²) in [5.41, 5.74) is 3.03. The fraction of sp³-hybridized carbons (Fsp3) is 0.625. The molecule has 0 fully saturated rings. The van der Waals surface area contributed by atoms with Crippen LogP contribution in [-0.4, -0.2) is 27.2 Å². The Kier molecular flexibility index (Phi) is 5.67. The molecule has 0 heterocycles. The summed E-state index contributed by atoms with van der Waals surface area (Å²) in [7, 11) is 4.24. The van der Waals surface area contributed by atoms with E-state index in [1.54, 1.807) is 0 Å². The number of anilines is 1. The van der Waals surface area contributed by atoms with Crippen molar-refractivity contribution in [1.82, 2.24) is 5.32 Å². The van der Waals surface area contributed by atoms with Gasteiger partial charge in [-0.25, -0.2) is 0 Å². The van der Waals surface area contributed by atoms with E-state index in [0.717, 1.165) is 13.1 Å². The van der Waals surface area contributed by atoms with E-state index in [1.807, 2.05) is 7.05 Å². The summed E-state index contributed by atoms with van der Waals surface area (Å²) in [6, 6.07) is 8.61. The predicted molar refractivity (Wildman–Crippen MR) is 81.4 cm³/mol. The van der Waals surface area contributed by atoms with Gasteiger partial charge in [0.1, 0.15) is 0 Å². The van der Waals surface area contributed by atoms with Crippen molar-refractivity contribution in [1.29, 1.82) is 0 Å². The van der Waals surface area contributed by atoms with E-state index in [-0.39, 0.29) is 0 Å². The molecule has 0 aromatic heterocycles. The predicted octanol–water partition coefficient (Wildman–Crippen LogP) is 3.46. The zero-order valence-corrected chi connectivity index (χ0v) is 12.6. The lowest BCUT2D eigenvalue weighted by molar-refractivity contribution is 0.292. The highest BCUT2D eigenvalue weighted by molar-refractivity contribution is 5.52. The Labute approximate surface area is 112 Å². The second-order valence-electron chi connectivity index (χ2n) is 5.73. The van der Waals surface area contributed by atoms with Crippen molar-refractivity contribution >= 4 is 5.69 Å². The van der Waals surface area contributed by atoms with Crippen molar-refractivity contribution < 1.29 is 0 Å². The standard InChI is InChI=1S/C16H28N2/c1-6-11-16(3,12-17-4)13-18(5)15-10-8-7-9-14(15)2/h7-10,17H,6,11-13H2,1-5H3. The van der Waals surface area contributed by atoms with Crippen LogP contribution in [0.1, 0.15) is 32.3 Å². The quantitative estimate of drug-likeness (QED) is 0.795. The average molecular weight is 248 g/mol. The molecule has 0 saturated carbocycles. The summed E-state index contributed by atoms with van der Waals surface area (Å²) in [4.78, 5) is 2.39. The van der Waals surface area contributed by atoms with E-state index in [9.17, 15) is 0 Å². The minimum atomic E-state index is 0.334. The van der Waals surface area contributed by atoms with Crippen LogP contribution in [-0.2, 0) is 0 Å². The molecule has 18 heavy (non-hydrogen) atoms. The second-order valence-corrected chi connectivity index (χ2v) is 5.73. The minimum absolute atomic E-state index is 0.334. The highest BCUT2D eigenvalue weighted by atomic mass is 15.1. The van der Waals surface area contributed by atoms with Crippen LogP contribution < -0.4 is 10.2 Å². The van der Waals surface area contributed by atoms with Crippen molar-refractivity contribution in [2.45, 2.75) is 33.6 Å². The first-order chi connectivity index (χ1) is 8.52.